The lowest BCUT2D eigenvalue weighted by atomic mass is 10.2. The third kappa shape index (κ3) is 16.8. The van der Waals surface area contributed by atoms with Crippen LogP contribution in [0.2, 0.25) is 0 Å². The summed E-state index contributed by atoms with van der Waals surface area (Å²) in [6.07, 6.45) is 2.77. The first-order valence-electron chi connectivity index (χ1n) is 5.15. The molecule has 3 N–H and O–H groups in total. The van der Waals surface area contributed by atoms with E-state index in [9.17, 15) is 14.4 Å². The third-order valence-corrected chi connectivity index (χ3v) is 1.66. The van der Waals surface area contributed by atoms with Crippen molar-refractivity contribution in [2.24, 2.45) is 0 Å². The number of hydrogen-bond acceptors (Lipinski definition) is 3. The molecule has 6 nitrogen and oxygen atoms in total. The van der Waals surface area contributed by atoms with E-state index >= 15 is 0 Å². The van der Waals surface area contributed by atoms with E-state index in [-0.39, 0.29) is 5.57 Å². The van der Waals surface area contributed by atoms with Crippen molar-refractivity contribution < 1.29 is 29.7 Å². The molecule has 0 bridgehead atoms. The Kier molecular flexibility index (Phi) is 11.0. The van der Waals surface area contributed by atoms with Crippen molar-refractivity contribution in [1.29, 1.82) is 0 Å². The Labute approximate surface area is 99.6 Å². The molecule has 0 radical (unpaired) electrons. The second-order valence-corrected chi connectivity index (χ2v) is 3.33. The lowest BCUT2D eigenvalue weighted by Gasteiger charge is -1.91. The molecule has 0 aromatic rings. The molecule has 0 atom stereocenters. The molecule has 17 heavy (non-hydrogen) atoms. The van der Waals surface area contributed by atoms with E-state index in [0.29, 0.717) is 6.42 Å². The highest BCUT2D eigenvalue weighted by atomic mass is 16.4. The zero-order valence-corrected chi connectivity index (χ0v) is 9.81. The molecule has 0 aliphatic heterocycles. The van der Waals surface area contributed by atoms with Gasteiger partial charge < -0.3 is 15.3 Å². The SMILES string of the molecule is C=C(CC(=O)O)C(=O)O.CCCCCC(=O)O. The fraction of sp³-hybridized carbons (Fsp3) is 0.545. The summed E-state index contributed by atoms with van der Waals surface area (Å²) in [5.74, 6) is -3.13. The van der Waals surface area contributed by atoms with Crippen molar-refractivity contribution >= 4 is 17.9 Å². The van der Waals surface area contributed by atoms with Gasteiger partial charge in [-0.15, -0.1) is 0 Å². The molecule has 0 fully saturated rings. The predicted molar refractivity (Wildman–Crippen MR) is 60.8 cm³/mol. The van der Waals surface area contributed by atoms with Gasteiger partial charge >= 0.3 is 17.9 Å². The number of carboxylic acids is 3. The largest absolute Gasteiger partial charge is 0.481 e. The molecule has 0 aromatic carbocycles. The van der Waals surface area contributed by atoms with Crippen molar-refractivity contribution in [2.75, 3.05) is 0 Å². The molecule has 0 saturated carbocycles. The van der Waals surface area contributed by atoms with E-state index in [4.69, 9.17) is 15.3 Å². The molecule has 0 saturated heterocycles. The van der Waals surface area contributed by atoms with Crippen LogP contribution in [0.1, 0.15) is 39.0 Å². The normalized spacial score (nSPS) is 8.76. The Balaban J connectivity index is 0. The van der Waals surface area contributed by atoms with Gasteiger partial charge in [0.25, 0.3) is 0 Å². The van der Waals surface area contributed by atoms with E-state index in [2.05, 4.69) is 13.5 Å². The predicted octanol–water partition coefficient (Wildman–Crippen LogP) is 1.75. The molecule has 0 aromatic heterocycles. The summed E-state index contributed by atoms with van der Waals surface area (Å²) in [5.41, 5.74) is -0.303. The van der Waals surface area contributed by atoms with Gasteiger partial charge in [0.15, 0.2) is 0 Å². The standard InChI is InChI=1S/C6H12O2.C5H6O4/c1-2-3-4-5-6(7)8;1-3(5(8)9)2-4(6)7/h2-5H2,1H3,(H,7,8);1-2H2,(H,6,7)(H,8,9). The average Bonchev–Trinajstić information content (AvgIpc) is 2.17. The Hall–Kier alpha value is -1.85. The van der Waals surface area contributed by atoms with Gasteiger partial charge in [0, 0.05) is 12.0 Å². The van der Waals surface area contributed by atoms with Crippen LogP contribution in [-0.2, 0) is 14.4 Å². The summed E-state index contributed by atoms with van der Waals surface area (Å²) in [4.78, 5) is 29.5. The van der Waals surface area contributed by atoms with Gasteiger partial charge in [0.2, 0.25) is 0 Å². The van der Waals surface area contributed by atoms with Crippen LogP contribution in [0.15, 0.2) is 12.2 Å². The highest BCUT2D eigenvalue weighted by molar-refractivity contribution is 5.91. The molecule has 6 heteroatoms. The maximum atomic E-state index is 9.87. The minimum absolute atomic E-state index is 0.303. The lowest BCUT2D eigenvalue weighted by molar-refractivity contribution is -0.139. The van der Waals surface area contributed by atoms with Crippen LogP contribution >= 0.6 is 0 Å². The molecule has 0 unspecified atom stereocenters. The first kappa shape index (κ1) is 17.5. The Morgan fingerprint density at radius 3 is 1.76 bits per heavy atom. The van der Waals surface area contributed by atoms with E-state index in [1.165, 1.54) is 0 Å². The molecular formula is C11H18O6. The molecule has 98 valence electrons. The van der Waals surface area contributed by atoms with Gasteiger partial charge in [-0.3, -0.25) is 9.59 Å². The second-order valence-electron chi connectivity index (χ2n) is 3.33. The fourth-order valence-corrected chi connectivity index (χ4v) is 0.784. The second kappa shape index (κ2) is 10.7. The summed E-state index contributed by atoms with van der Waals surface area (Å²) < 4.78 is 0. The van der Waals surface area contributed by atoms with Crippen LogP contribution in [0.25, 0.3) is 0 Å². The molecule has 0 amide bonds. The number of carbonyl (C=O) groups is 3. The van der Waals surface area contributed by atoms with Crippen molar-refractivity contribution in [2.45, 2.75) is 39.0 Å². The lowest BCUT2D eigenvalue weighted by Crippen LogP contribution is -2.04. The Morgan fingerprint density at radius 2 is 1.53 bits per heavy atom. The van der Waals surface area contributed by atoms with Crippen LogP contribution in [-0.4, -0.2) is 33.2 Å². The van der Waals surface area contributed by atoms with Gasteiger partial charge in [-0.25, -0.2) is 4.79 Å². The highest BCUT2D eigenvalue weighted by Crippen LogP contribution is 1.97. The third-order valence-electron chi connectivity index (χ3n) is 1.66. The maximum absolute atomic E-state index is 9.87. The topological polar surface area (TPSA) is 112 Å². The fourth-order valence-electron chi connectivity index (χ4n) is 0.784. The Bertz CT molecular complexity index is 282. The highest BCUT2D eigenvalue weighted by Gasteiger charge is 2.07. The van der Waals surface area contributed by atoms with E-state index in [1.54, 1.807) is 0 Å². The molecular weight excluding hydrogens is 228 g/mol. The summed E-state index contributed by atoms with van der Waals surface area (Å²) in [6, 6.07) is 0. The summed E-state index contributed by atoms with van der Waals surface area (Å²) in [5, 5.41) is 24.2. The van der Waals surface area contributed by atoms with Gasteiger partial charge in [0.05, 0.1) is 6.42 Å². The number of aliphatic carboxylic acids is 3. The molecule has 0 aliphatic carbocycles. The van der Waals surface area contributed by atoms with Gasteiger partial charge in [-0.2, -0.15) is 0 Å². The van der Waals surface area contributed by atoms with Gasteiger partial charge in [-0.05, 0) is 6.42 Å². The quantitative estimate of drug-likeness (QED) is 0.466. The van der Waals surface area contributed by atoms with E-state index < -0.39 is 24.3 Å². The van der Waals surface area contributed by atoms with Crippen LogP contribution < -0.4 is 0 Å². The van der Waals surface area contributed by atoms with Crippen LogP contribution in [0.4, 0.5) is 0 Å². The van der Waals surface area contributed by atoms with Crippen molar-refractivity contribution in [3.8, 4) is 0 Å². The summed E-state index contributed by atoms with van der Waals surface area (Å²) in [6.45, 7) is 5.07. The van der Waals surface area contributed by atoms with Crippen LogP contribution in [0.3, 0.4) is 0 Å². The molecule has 0 aliphatic rings. The zero-order chi connectivity index (χ0) is 13.8. The number of carboxylic acid groups (broad SMARTS) is 3. The first-order chi connectivity index (χ1) is 7.81. The zero-order valence-electron chi connectivity index (χ0n) is 9.81. The van der Waals surface area contributed by atoms with Gasteiger partial charge in [0.1, 0.15) is 0 Å². The molecule has 0 rings (SSSR count). The number of rotatable bonds is 7. The Morgan fingerprint density at radius 1 is 1.00 bits per heavy atom. The van der Waals surface area contributed by atoms with Crippen molar-refractivity contribution in [1.82, 2.24) is 0 Å². The van der Waals surface area contributed by atoms with E-state index in [1.807, 2.05) is 0 Å². The number of hydrogen-bond donors (Lipinski definition) is 3. The first-order valence-corrected chi connectivity index (χ1v) is 5.15. The smallest absolute Gasteiger partial charge is 0.331 e. The summed E-state index contributed by atoms with van der Waals surface area (Å²) >= 11 is 0. The average molecular weight is 246 g/mol. The minimum Gasteiger partial charge on any atom is -0.481 e. The van der Waals surface area contributed by atoms with Crippen LogP contribution in [0.5, 0.6) is 0 Å². The van der Waals surface area contributed by atoms with Crippen LogP contribution in [0, 0.1) is 0 Å². The van der Waals surface area contributed by atoms with Gasteiger partial charge in [-0.1, -0.05) is 26.3 Å². The number of unbranched alkanes of at least 4 members (excludes halogenated alkanes) is 2. The summed E-state index contributed by atoms with van der Waals surface area (Å²) in [7, 11) is 0. The van der Waals surface area contributed by atoms with Crippen molar-refractivity contribution in [3.05, 3.63) is 12.2 Å². The van der Waals surface area contributed by atoms with E-state index in [0.717, 1.165) is 19.3 Å². The molecule has 0 spiro atoms. The monoisotopic (exact) mass is 246 g/mol. The minimum atomic E-state index is -1.27. The van der Waals surface area contributed by atoms with Crippen molar-refractivity contribution in [3.63, 3.8) is 0 Å². The maximum Gasteiger partial charge on any atom is 0.331 e. The molecule has 0 heterocycles.